The molecule has 6 heteroatoms. The van der Waals surface area contributed by atoms with Crippen molar-refractivity contribution in [3.05, 3.63) is 23.3 Å². The summed E-state index contributed by atoms with van der Waals surface area (Å²) in [6, 6.07) is 2.36. The molecule has 0 heterocycles. The van der Waals surface area contributed by atoms with Crippen molar-refractivity contribution in [3.8, 4) is 5.75 Å². The van der Waals surface area contributed by atoms with Crippen LogP contribution in [0.3, 0.4) is 0 Å². The van der Waals surface area contributed by atoms with Crippen LogP contribution in [0.2, 0.25) is 0 Å². The van der Waals surface area contributed by atoms with Crippen LogP contribution >= 0.6 is 0 Å². The van der Waals surface area contributed by atoms with Gasteiger partial charge in [-0.2, -0.15) is 0 Å². The molecule has 0 radical (unpaired) electrons. The summed E-state index contributed by atoms with van der Waals surface area (Å²) in [7, 11) is 1.79. The van der Waals surface area contributed by atoms with Gasteiger partial charge < -0.3 is 26.6 Å². The number of likely N-dealkylation sites (N-methyl/N-ethyl adjacent to an activating group) is 1. The number of hydrogen-bond acceptors (Lipinski definition) is 4. The van der Waals surface area contributed by atoms with Gasteiger partial charge >= 0.3 is 6.03 Å². The minimum atomic E-state index is -0.732. The van der Waals surface area contributed by atoms with Crippen molar-refractivity contribution in [2.45, 2.75) is 25.0 Å². The molecule has 1 aromatic rings. The molecule has 18 heavy (non-hydrogen) atoms. The Balaban J connectivity index is 2.45. The van der Waals surface area contributed by atoms with E-state index in [1.807, 2.05) is 0 Å². The molecule has 1 aliphatic rings. The van der Waals surface area contributed by atoms with Gasteiger partial charge in [0, 0.05) is 6.04 Å². The second kappa shape index (κ2) is 4.83. The number of amides is 2. The van der Waals surface area contributed by atoms with Crippen LogP contribution in [-0.4, -0.2) is 29.3 Å². The number of phenols is 1. The first-order valence-electron chi connectivity index (χ1n) is 5.81. The lowest BCUT2D eigenvalue weighted by Gasteiger charge is -2.31. The standard InChI is InChI=1S/C12H17N3O3/c1-14-8-4-2-6-7(11(8)17)3-5-9(16)10(6)15-12(13)18/h3,5,8,11,14,16-17H,2,4H2,1H3,(H3,13,15,18)/t8-,11+/m0/s1. The van der Waals surface area contributed by atoms with Crippen molar-refractivity contribution < 1.29 is 15.0 Å². The van der Waals surface area contributed by atoms with Gasteiger partial charge in [0.2, 0.25) is 0 Å². The number of aliphatic hydroxyl groups excluding tert-OH is 1. The number of hydrogen-bond donors (Lipinski definition) is 5. The van der Waals surface area contributed by atoms with E-state index >= 15 is 0 Å². The fourth-order valence-corrected chi connectivity index (χ4v) is 2.44. The first kappa shape index (κ1) is 12.7. The van der Waals surface area contributed by atoms with Crippen molar-refractivity contribution in [3.63, 3.8) is 0 Å². The topological polar surface area (TPSA) is 108 Å². The Labute approximate surface area is 105 Å². The molecular formula is C12H17N3O3. The van der Waals surface area contributed by atoms with Gasteiger partial charge in [-0.15, -0.1) is 0 Å². The average molecular weight is 251 g/mol. The lowest BCUT2D eigenvalue weighted by molar-refractivity contribution is 0.119. The van der Waals surface area contributed by atoms with Gasteiger partial charge in [-0.25, -0.2) is 4.79 Å². The van der Waals surface area contributed by atoms with Gasteiger partial charge in [0.25, 0.3) is 0 Å². The number of benzene rings is 1. The number of nitrogens with one attached hydrogen (secondary N) is 2. The predicted octanol–water partition coefficient (Wildman–Crippen LogP) is 0.450. The first-order valence-corrected chi connectivity index (χ1v) is 5.81. The third-order valence-electron chi connectivity index (χ3n) is 3.35. The Morgan fingerprint density at radius 2 is 2.22 bits per heavy atom. The Bertz CT molecular complexity index is 476. The molecule has 0 unspecified atom stereocenters. The quantitative estimate of drug-likeness (QED) is 0.492. The summed E-state index contributed by atoms with van der Waals surface area (Å²) in [5.41, 5.74) is 6.83. The van der Waals surface area contributed by atoms with Crippen molar-refractivity contribution in [1.29, 1.82) is 0 Å². The summed E-state index contributed by atoms with van der Waals surface area (Å²) in [5.74, 6) is -0.0392. The zero-order valence-electron chi connectivity index (χ0n) is 10.1. The second-order valence-corrected chi connectivity index (χ2v) is 4.40. The smallest absolute Gasteiger partial charge is 0.316 e. The van der Waals surface area contributed by atoms with Crippen LogP contribution in [-0.2, 0) is 6.42 Å². The Morgan fingerprint density at radius 3 is 2.83 bits per heavy atom. The number of rotatable bonds is 2. The highest BCUT2D eigenvalue weighted by atomic mass is 16.3. The van der Waals surface area contributed by atoms with Gasteiger partial charge in [0.15, 0.2) is 0 Å². The number of aromatic hydroxyl groups is 1. The number of carbonyl (C=O) groups is 1. The third kappa shape index (κ3) is 2.12. The van der Waals surface area contributed by atoms with E-state index in [1.54, 1.807) is 13.1 Å². The zero-order chi connectivity index (χ0) is 13.3. The van der Waals surface area contributed by atoms with Crippen molar-refractivity contribution >= 4 is 11.7 Å². The van der Waals surface area contributed by atoms with E-state index in [0.29, 0.717) is 17.7 Å². The van der Waals surface area contributed by atoms with Gasteiger partial charge in [-0.3, -0.25) is 0 Å². The molecule has 98 valence electrons. The third-order valence-corrected chi connectivity index (χ3v) is 3.35. The molecule has 0 saturated heterocycles. The molecule has 6 N–H and O–H groups in total. The lowest BCUT2D eigenvalue weighted by Crippen LogP contribution is -2.36. The fraction of sp³-hybridized carbons (Fsp3) is 0.417. The van der Waals surface area contributed by atoms with Gasteiger partial charge in [0.1, 0.15) is 5.75 Å². The normalized spacial score (nSPS) is 22.3. The van der Waals surface area contributed by atoms with Crippen LogP contribution in [0.5, 0.6) is 5.75 Å². The van der Waals surface area contributed by atoms with E-state index in [4.69, 9.17) is 5.73 Å². The summed E-state index contributed by atoms with van der Waals surface area (Å²) in [4.78, 5) is 10.9. The molecule has 1 aromatic carbocycles. The Kier molecular flexibility index (Phi) is 3.40. The summed E-state index contributed by atoms with van der Waals surface area (Å²) in [5, 5.41) is 25.4. The van der Waals surface area contributed by atoms with Crippen LogP contribution < -0.4 is 16.4 Å². The minimum absolute atomic E-state index is 0.0246. The summed E-state index contributed by atoms with van der Waals surface area (Å²) in [6.07, 6.45) is 0.719. The van der Waals surface area contributed by atoms with E-state index in [0.717, 1.165) is 12.0 Å². The highest BCUT2D eigenvalue weighted by molar-refractivity contribution is 5.91. The van der Waals surface area contributed by atoms with Crippen molar-refractivity contribution in [2.24, 2.45) is 5.73 Å². The molecule has 1 aliphatic carbocycles. The molecule has 2 rings (SSSR count). The summed E-state index contributed by atoms with van der Waals surface area (Å²) < 4.78 is 0. The molecular weight excluding hydrogens is 234 g/mol. The van der Waals surface area contributed by atoms with Gasteiger partial charge in [0.05, 0.1) is 11.8 Å². The number of phenolic OH excluding ortho intramolecular Hbond substituents is 1. The number of carbonyl (C=O) groups excluding carboxylic acids is 1. The Morgan fingerprint density at radius 1 is 1.50 bits per heavy atom. The number of nitrogens with two attached hydrogens (primary N) is 1. The van der Waals surface area contributed by atoms with Crippen LogP contribution in [0.1, 0.15) is 23.7 Å². The molecule has 2 amide bonds. The molecule has 6 nitrogen and oxygen atoms in total. The maximum atomic E-state index is 10.9. The monoisotopic (exact) mass is 251 g/mol. The SMILES string of the molecule is CN[C@H]1CCc2c(ccc(O)c2NC(N)=O)[C@H]1O. The lowest BCUT2D eigenvalue weighted by atomic mass is 9.84. The molecule has 2 atom stereocenters. The number of primary amides is 1. The van der Waals surface area contributed by atoms with E-state index < -0.39 is 12.1 Å². The van der Waals surface area contributed by atoms with E-state index in [1.165, 1.54) is 6.07 Å². The largest absolute Gasteiger partial charge is 0.506 e. The highest BCUT2D eigenvalue weighted by Crippen LogP contribution is 2.38. The molecule has 0 spiro atoms. The van der Waals surface area contributed by atoms with Crippen LogP contribution in [0.25, 0.3) is 0 Å². The first-order chi connectivity index (χ1) is 8.54. The number of anilines is 1. The number of urea groups is 1. The van der Waals surface area contributed by atoms with Crippen LogP contribution in [0.4, 0.5) is 10.5 Å². The van der Waals surface area contributed by atoms with Crippen LogP contribution in [0.15, 0.2) is 12.1 Å². The molecule has 0 aliphatic heterocycles. The maximum absolute atomic E-state index is 10.9. The number of fused-ring (bicyclic) bond motifs is 1. The van der Waals surface area contributed by atoms with Gasteiger partial charge in [-0.05, 0) is 37.1 Å². The maximum Gasteiger partial charge on any atom is 0.316 e. The van der Waals surface area contributed by atoms with E-state index in [-0.39, 0.29) is 11.8 Å². The van der Waals surface area contributed by atoms with E-state index in [2.05, 4.69) is 10.6 Å². The summed E-state index contributed by atoms with van der Waals surface area (Å²) in [6.45, 7) is 0. The average Bonchev–Trinajstić information content (AvgIpc) is 2.33. The highest BCUT2D eigenvalue weighted by Gasteiger charge is 2.29. The minimum Gasteiger partial charge on any atom is -0.506 e. The molecule has 0 bridgehead atoms. The predicted molar refractivity (Wildman–Crippen MR) is 67.4 cm³/mol. The molecule has 0 aromatic heterocycles. The molecule has 0 fully saturated rings. The van der Waals surface area contributed by atoms with Gasteiger partial charge in [-0.1, -0.05) is 6.07 Å². The molecule has 0 saturated carbocycles. The number of aliphatic hydroxyl groups is 1. The second-order valence-electron chi connectivity index (χ2n) is 4.40. The fourth-order valence-electron chi connectivity index (χ4n) is 2.44. The Hall–Kier alpha value is -1.79. The summed E-state index contributed by atoms with van der Waals surface area (Å²) >= 11 is 0. The van der Waals surface area contributed by atoms with Crippen LogP contribution in [0, 0.1) is 0 Å². The van der Waals surface area contributed by atoms with E-state index in [9.17, 15) is 15.0 Å². The zero-order valence-corrected chi connectivity index (χ0v) is 10.1. The van der Waals surface area contributed by atoms with Crippen molar-refractivity contribution in [2.75, 3.05) is 12.4 Å². The van der Waals surface area contributed by atoms with Crippen molar-refractivity contribution in [1.82, 2.24) is 5.32 Å².